The van der Waals surface area contributed by atoms with Gasteiger partial charge in [-0.25, -0.2) is 9.36 Å². The van der Waals surface area contributed by atoms with Gasteiger partial charge in [-0.05, 0) is 0 Å². The number of terminal acetylenes is 1. The Hall–Kier alpha value is -2.82. The molecule has 5 N–H and O–H groups in total. The lowest BCUT2D eigenvalue weighted by molar-refractivity contribution is -0.237. The Labute approximate surface area is 148 Å². The molecule has 10 nitrogen and oxygen atoms in total. The number of nitrogens with one attached hydrogen (secondary N) is 1. The van der Waals surface area contributed by atoms with E-state index < -0.39 is 48.4 Å². The van der Waals surface area contributed by atoms with Gasteiger partial charge in [0.05, 0.1) is 12.6 Å². The molecule has 0 saturated carbocycles. The van der Waals surface area contributed by atoms with Crippen molar-refractivity contribution in [1.29, 1.82) is 0 Å². The molecule has 3 heterocycles. The zero-order chi connectivity index (χ0) is 20.1. The van der Waals surface area contributed by atoms with E-state index in [0.717, 1.165) is 4.57 Å². The average Bonchev–Trinajstić information content (AvgIpc) is 3.04. The number of nitrogen functional groups attached to an aromatic ring is 1. The minimum atomic E-state index is -4.98. The first-order valence-electron chi connectivity index (χ1n) is 7.58. The molecule has 0 aromatic carbocycles. The monoisotopic (exact) mass is 389 g/mol. The lowest BCUT2D eigenvalue weighted by atomic mass is 10.1. The van der Waals surface area contributed by atoms with Crippen LogP contribution in [0.15, 0.2) is 9.59 Å². The van der Waals surface area contributed by atoms with Crippen LogP contribution in [-0.4, -0.2) is 53.8 Å². The van der Waals surface area contributed by atoms with Gasteiger partial charge in [0.2, 0.25) is 5.95 Å². The van der Waals surface area contributed by atoms with E-state index in [4.69, 9.17) is 16.9 Å². The van der Waals surface area contributed by atoms with Gasteiger partial charge in [0, 0.05) is 6.42 Å². The molecule has 1 aliphatic rings. The number of aliphatic hydroxyl groups excluding tert-OH is 2. The summed E-state index contributed by atoms with van der Waals surface area (Å²) < 4.78 is 44.8. The van der Waals surface area contributed by atoms with Crippen molar-refractivity contribution >= 4 is 17.1 Å². The van der Waals surface area contributed by atoms with Gasteiger partial charge in [0.25, 0.3) is 5.56 Å². The predicted octanol–water partition coefficient (Wildman–Crippen LogP) is -1.33. The number of nitrogens with zero attached hydrogens (tertiary/aromatic N) is 3. The molecular weight excluding hydrogens is 375 g/mol. The molecule has 1 aliphatic heterocycles. The lowest BCUT2D eigenvalue weighted by Crippen LogP contribution is -2.39. The number of aliphatic hydroxyl groups is 2. The van der Waals surface area contributed by atoms with Crippen LogP contribution in [0.25, 0.3) is 11.2 Å². The van der Waals surface area contributed by atoms with Gasteiger partial charge in [0.15, 0.2) is 23.5 Å². The first kappa shape index (κ1) is 19.0. The minimum Gasteiger partial charge on any atom is -0.388 e. The third kappa shape index (κ3) is 3.07. The molecule has 146 valence electrons. The van der Waals surface area contributed by atoms with Crippen LogP contribution in [0.5, 0.6) is 0 Å². The summed E-state index contributed by atoms with van der Waals surface area (Å²) in [5, 5.41) is 19.5. The van der Waals surface area contributed by atoms with Gasteiger partial charge >= 0.3 is 11.9 Å². The maximum absolute atomic E-state index is 12.7. The van der Waals surface area contributed by atoms with Crippen molar-refractivity contribution in [2.75, 3.05) is 5.73 Å². The number of ether oxygens (including phenoxy) is 1. The summed E-state index contributed by atoms with van der Waals surface area (Å²) in [5.41, 5.74) is 3.14. The summed E-state index contributed by atoms with van der Waals surface area (Å²) in [6, 6.07) is 0. The molecule has 0 bridgehead atoms. The van der Waals surface area contributed by atoms with Crippen molar-refractivity contribution in [2.45, 2.75) is 43.7 Å². The number of aromatic nitrogens is 4. The van der Waals surface area contributed by atoms with E-state index in [1.54, 1.807) is 0 Å². The van der Waals surface area contributed by atoms with Crippen molar-refractivity contribution in [3.8, 4) is 12.3 Å². The van der Waals surface area contributed by atoms with Gasteiger partial charge in [0.1, 0.15) is 6.10 Å². The van der Waals surface area contributed by atoms with Crippen molar-refractivity contribution in [1.82, 2.24) is 19.1 Å². The van der Waals surface area contributed by atoms with E-state index in [2.05, 4.69) is 15.9 Å². The molecule has 2 aromatic heterocycles. The number of hydrogen-bond acceptors (Lipinski definition) is 7. The molecule has 0 unspecified atom stereocenters. The van der Waals surface area contributed by atoms with E-state index in [9.17, 15) is 33.0 Å². The summed E-state index contributed by atoms with van der Waals surface area (Å²) in [7, 11) is 0. The molecule has 4 atom stereocenters. The first-order valence-corrected chi connectivity index (χ1v) is 7.58. The molecule has 27 heavy (non-hydrogen) atoms. The third-order valence-electron chi connectivity index (χ3n) is 4.14. The Morgan fingerprint density at radius 3 is 2.74 bits per heavy atom. The zero-order valence-corrected chi connectivity index (χ0v) is 13.5. The van der Waals surface area contributed by atoms with Crippen molar-refractivity contribution in [3.63, 3.8) is 0 Å². The van der Waals surface area contributed by atoms with Crippen molar-refractivity contribution in [3.05, 3.63) is 20.8 Å². The van der Waals surface area contributed by atoms with E-state index in [1.165, 1.54) is 0 Å². The highest BCUT2D eigenvalue weighted by Gasteiger charge is 2.50. The second kappa shape index (κ2) is 6.41. The fourth-order valence-corrected chi connectivity index (χ4v) is 2.99. The zero-order valence-electron chi connectivity index (χ0n) is 13.5. The van der Waals surface area contributed by atoms with Crippen LogP contribution in [0, 0.1) is 12.3 Å². The van der Waals surface area contributed by atoms with Gasteiger partial charge in [-0.15, -0.1) is 6.42 Å². The summed E-state index contributed by atoms with van der Waals surface area (Å²) in [4.78, 5) is 30.8. The highest BCUT2D eigenvalue weighted by atomic mass is 19.4. The van der Waals surface area contributed by atoms with Crippen LogP contribution in [0.3, 0.4) is 0 Å². The molecule has 0 aliphatic carbocycles. The highest BCUT2D eigenvalue weighted by molar-refractivity contribution is 5.72. The van der Waals surface area contributed by atoms with Gasteiger partial charge in [-0.3, -0.25) is 14.3 Å². The maximum Gasteiger partial charge on any atom is 0.416 e. The van der Waals surface area contributed by atoms with Crippen molar-refractivity contribution in [2.24, 2.45) is 0 Å². The maximum atomic E-state index is 12.7. The third-order valence-corrected chi connectivity index (χ3v) is 4.14. The minimum absolute atomic E-state index is 0.275. The van der Waals surface area contributed by atoms with Crippen LogP contribution in [0.4, 0.5) is 19.1 Å². The number of hydrogen-bond donors (Lipinski definition) is 4. The molecule has 1 saturated heterocycles. The van der Waals surface area contributed by atoms with Crippen LogP contribution in [0.2, 0.25) is 0 Å². The standard InChI is InChI=1S/C14H14F3N5O5/c1-2-3-21-7-9(19-12(18)20-10(7)25)22(13(21)26)11-5(23)4-6(27-11)8(24)14(15,16)17/h1,5-6,8,11,23-24H,3-4H2,(H3,18,19,20,25)/t5-,6+,8-,11-/m1/s1. The highest BCUT2D eigenvalue weighted by Crippen LogP contribution is 2.36. The second-order valence-electron chi connectivity index (χ2n) is 5.92. The average molecular weight is 389 g/mol. The van der Waals surface area contributed by atoms with E-state index in [0.29, 0.717) is 4.57 Å². The number of fused-ring (bicyclic) bond motifs is 1. The lowest BCUT2D eigenvalue weighted by Gasteiger charge is -2.21. The number of imidazole rings is 1. The Bertz CT molecular complexity index is 1030. The number of anilines is 1. The topological polar surface area (TPSA) is 148 Å². The quantitative estimate of drug-likeness (QED) is 0.476. The smallest absolute Gasteiger partial charge is 0.388 e. The summed E-state index contributed by atoms with van der Waals surface area (Å²) in [6.45, 7) is -0.339. The van der Waals surface area contributed by atoms with Gasteiger partial charge in [-0.1, -0.05) is 5.92 Å². The van der Waals surface area contributed by atoms with E-state index in [-0.39, 0.29) is 23.7 Å². The normalized spacial score (nSPS) is 24.2. The number of nitrogens with two attached hydrogens (primary N) is 1. The van der Waals surface area contributed by atoms with E-state index in [1.807, 2.05) is 0 Å². The van der Waals surface area contributed by atoms with Crippen LogP contribution >= 0.6 is 0 Å². The number of H-pyrrole nitrogens is 1. The molecular formula is C14H14F3N5O5. The summed E-state index contributed by atoms with van der Waals surface area (Å²) >= 11 is 0. The number of aromatic amines is 1. The van der Waals surface area contributed by atoms with Crippen molar-refractivity contribution < 1.29 is 28.1 Å². The molecule has 13 heteroatoms. The Morgan fingerprint density at radius 2 is 2.15 bits per heavy atom. The SMILES string of the molecule is C#CCn1c(=O)n([C@@H]2O[C@H]([C@@H](O)C(F)(F)F)C[C@H]2O)c2nc(N)[nH]c(=O)c21. The Kier molecular flexibility index (Phi) is 4.50. The van der Waals surface area contributed by atoms with Gasteiger partial charge in [-0.2, -0.15) is 18.2 Å². The molecule has 0 amide bonds. The molecule has 3 rings (SSSR count). The predicted molar refractivity (Wildman–Crippen MR) is 84.5 cm³/mol. The Morgan fingerprint density at radius 1 is 1.48 bits per heavy atom. The molecule has 1 fully saturated rings. The fraction of sp³-hybridized carbons (Fsp3) is 0.500. The molecule has 0 spiro atoms. The Balaban J connectivity index is 2.15. The fourth-order valence-electron chi connectivity index (χ4n) is 2.99. The van der Waals surface area contributed by atoms with Gasteiger partial charge < -0.3 is 20.7 Å². The van der Waals surface area contributed by atoms with Crippen LogP contribution in [-0.2, 0) is 11.3 Å². The summed E-state index contributed by atoms with van der Waals surface area (Å²) in [5.74, 6) is 1.80. The molecule has 2 aromatic rings. The molecule has 0 radical (unpaired) electrons. The number of rotatable bonds is 3. The van der Waals surface area contributed by atoms with Crippen LogP contribution in [0.1, 0.15) is 12.6 Å². The summed E-state index contributed by atoms with van der Waals surface area (Å²) in [6.07, 6.45) is -8.30. The first-order chi connectivity index (χ1) is 12.6. The number of alkyl halides is 3. The number of halogens is 3. The largest absolute Gasteiger partial charge is 0.416 e. The van der Waals surface area contributed by atoms with Crippen LogP contribution < -0.4 is 17.0 Å². The second-order valence-corrected chi connectivity index (χ2v) is 5.92. The van der Waals surface area contributed by atoms with E-state index >= 15 is 0 Å².